The number of methoxy groups -OCH3 is 1. The molecule has 2 aliphatic rings. The van der Waals surface area contributed by atoms with E-state index < -0.39 is 40.3 Å². The normalized spacial score (nSPS) is 26.4. The maximum atomic E-state index is 7.45. The summed E-state index contributed by atoms with van der Waals surface area (Å²) >= 11 is -0.239. The van der Waals surface area contributed by atoms with Gasteiger partial charge < -0.3 is 0 Å². The number of terminal acetylenes is 1. The molecular formula is C37H36O5Se. The second-order valence-corrected chi connectivity index (χ2v) is 14.3. The summed E-state index contributed by atoms with van der Waals surface area (Å²) < 4.78 is 33.7. The Morgan fingerprint density at radius 1 is 0.767 bits per heavy atom. The molecule has 6 heteroatoms. The molecular weight excluding hydrogens is 603 g/mol. The van der Waals surface area contributed by atoms with E-state index in [0.717, 1.165) is 16.7 Å². The second-order valence-electron chi connectivity index (χ2n) is 11.2. The molecule has 0 aromatic heterocycles. The SMILES string of the molecule is C#C[C@@H]1OC(OC)C(COC(c2ccccc2)(c2ccccc2)c2ccccc2)([Se]c2ccccc2)[C@H]2OC(C)(C)O[C@@H]12. The fraction of sp³-hybridized carbons (Fsp3) is 0.297. The monoisotopic (exact) mass is 640 g/mol. The van der Waals surface area contributed by atoms with E-state index in [0.29, 0.717) is 0 Å². The molecule has 6 rings (SSSR count). The Balaban J connectivity index is 1.54. The molecule has 2 heterocycles. The summed E-state index contributed by atoms with van der Waals surface area (Å²) in [6.45, 7) is 4.09. The minimum absolute atomic E-state index is 0.239. The van der Waals surface area contributed by atoms with Gasteiger partial charge in [-0.1, -0.05) is 0 Å². The van der Waals surface area contributed by atoms with E-state index in [-0.39, 0.29) is 21.6 Å². The van der Waals surface area contributed by atoms with Gasteiger partial charge in [0.2, 0.25) is 0 Å². The zero-order valence-electron chi connectivity index (χ0n) is 24.6. The standard InChI is InChI=1S/C37H36O5Se/c1-5-31-32-33(42-35(2,3)41-32)36(34(38-4)40-31,43-30-24-16-9-17-25-30)26-39-37(27-18-10-6-11-19-27,28-20-12-7-13-21-28)29-22-14-8-15-23-29/h1,6-25,31-34H,26H2,2-4H3/t31-,32-,33-,34?,36?/m0/s1. The molecule has 0 radical (unpaired) electrons. The Labute approximate surface area is 260 Å². The fourth-order valence-electron chi connectivity index (χ4n) is 6.22. The summed E-state index contributed by atoms with van der Waals surface area (Å²) in [6, 6.07) is 41.5. The molecule has 0 amide bonds. The average Bonchev–Trinajstić information content (AvgIpc) is 3.39. The summed E-state index contributed by atoms with van der Waals surface area (Å²) in [4.78, 5) is 0. The molecule has 0 aliphatic carbocycles. The van der Waals surface area contributed by atoms with Crippen LogP contribution in [0.2, 0.25) is 4.31 Å². The predicted molar refractivity (Wildman–Crippen MR) is 168 cm³/mol. The molecule has 0 bridgehead atoms. The van der Waals surface area contributed by atoms with Gasteiger partial charge in [0.15, 0.2) is 0 Å². The molecule has 2 unspecified atom stereocenters. The van der Waals surface area contributed by atoms with Gasteiger partial charge >= 0.3 is 261 Å². The zero-order chi connectivity index (χ0) is 29.9. The van der Waals surface area contributed by atoms with Gasteiger partial charge in [-0.15, -0.1) is 0 Å². The summed E-state index contributed by atoms with van der Waals surface area (Å²) in [5.74, 6) is 1.93. The topological polar surface area (TPSA) is 46.2 Å². The van der Waals surface area contributed by atoms with Crippen molar-refractivity contribution in [2.75, 3.05) is 13.7 Å². The van der Waals surface area contributed by atoms with Crippen molar-refractivity contribution in [3.63, 3.8) is 0 Å². The summed E-state index contributed by atoms with van der Waals surface area (Å²) in [7, 11) is 1.66. The zero-order valence-corrected chi connectivity index (χ0v) is 26.3. The average molecular weight is 640 g/mol. The molecule has 0 N–H and O–H groups in total. The first-order chi connectivity index (χ1) is 20.9. The first-order valence-corrected chi connectivity index (χ1v) is 16.2. The van der Waals surface area contributed by atoms with Gasteiger partial charge in [-0.2, -0.15) is 0 Å². The quantitative estimate of drug-likeness (QED) is 0.134. The van der Waals surface area contributed by atoms with Crippen molar-refractivity contribution in [2.45, 2.75) is 54.2 Å². The Hall–Kier alpha value is -3.24. The molecule has 0 saturated carbocycles. The number of fused-ring (bicyclic) bond motifs is 1. The van der Waals surface area contributed by atoms with Crippen LogP contribution in [-0.2, 0) is 29.3 Å². The number of hydrogen-bond acceptors (Lipinski definition) is 5. The van der Waals surface area contributed by atoms with Crippen LogP contribution in [0.1, 0.15) is 30.5 Å². The van der Waals surface area contributed by atoms with Crippen LogP contribution < -0.4 is 4.46 Å². The van der Waals surface area contributed by atoms with Crippen LogP contribution in [0.4, 0.5) is 0 Å². The number of ether oxygens (including phenoxy) is 5. The summed E-state index contributed by atoms with van der Waals surface area (Å²) in [5, 5.41) is 0. The van der Waals surface area contributed by atoms with Gasteiger partial charge in [0.05, 0.1) is 0 Å². The van der Waals surface area contributed by atoms with Crippen molar-refractivity contribution < 1.29 is 23.7 Å². The molecule has 2 saturated heterocycles. The van der Waals surface area contributed by atoms with E-state index in [4.69, 9.17) is 30.1 Å². The molecule has 220 valence electrons. The minimum atomic E-state index is -0.935. The molecule has 0 spiro atoms. The van der Waals surface area contributed by atoms with E-state index >= 15 is 0 Å². The van der Waals surface area contributed by atoms with E-state index in [1.165, 1.54) is 4.46 Å². The molecule has 2 fully saturated rings. The molecule has 5 nitrogen and oxygen atoms in total. The van der Waals surface area contributed by atoms with Crippen molar-refractivity contribution >= 4 is 19.4 Å². The Bertz CT molecular complexity index is 1430. The van der Waals surface area contributed by atoms with Crippen molar-refractivity contribution in [2.24, 2.45) is 0 Å². The number of benzene rings is 4. The second kappa shape index (κ2) is 12.4. The molecule has 4 aromatic carbocycles. The fourth-order valence-corrected chi connectivity index (χ4v) is 9.15. The van der Waals surface area contributed by atoms with Crippen molar-refractivity contribution in [1.82, 2.24) is 0 Å². The van der Waals surface area contributed by atoms with Crippen LogP contribution in [0.15, 0.2) is 121 Å². The van der Waals surface area contributed by atoms with Crippen molar-refractivity contribution in [3.05, 3.63) is 138 Å². The van der Waals surface area contributed by atoms with Crippen molar-refractivity contribution in [3.8, 4) is 12.3 Å². The third-order valence-corrected chi connectivity index (χ3v) is 11.1. The first-order valence-electron chi connectivity index (χ1n) is 14.5. The van der Waals surface area contributed by atoms with Crippen molar-refractivity contribution in [1.29, 1.82) is 0 Å². The van der Waals surface area contributed by atoms with Crippen LogP contribution >= 0.6 is 0 Å². The van der Waals surface area contributed by atoms with Crippen LogP contribution in [-0.4, -0.2) is 59.1 Å². The van der Waals surface area contributed by atoms with E-state index in [9.17, 15) is 0 Å². The predicted octanol–water partition coefficient (Wildman–Crippen LogP) is 5.71. The van der Waals surface area contributed by atoms with Crippen LogP contribution in [0.5, 0.6) is 0 Å². The van der Waals surface area contributed by atoms with E-state index in [1.54, 1.807) is 7.11 Å². The van der Waals surface area contributed by atoms with Gasteiger partial charge in [0.25, 0.3) is 0 Å². The van der Waals surface area contributed by atoms with Crippen LogP contribution in [0.3, 0.4) is 0 Å². The third-order valence-electron chi connectivity index (χ3n) is 8.06. The molecule has 5 atom stereocenters. The number of rotatable bonds is 9. The van der Waals surface area contributed by atoms with E-state index in [1.807, 2.05) is 38.1 Å². The van der Waals surface area contributed by atoms with E-state index in [2.05, 4.69) is 103 Å². The summed E-state index contributed by atoms with van der Waals surface area (Å²) in [6.07, 6.45) is 3.73. The van der Waals surface area contributed by atoms with Gasteiger partial charge in [-0.25, -0.2) is 0 Å². The van der Waals surface area contributed by atoms with Crippen LogP contribution in [0, 0.1) is 12.3 Å². The Morgan fingerprint density at radius 2 is 1.26 bits per heavy atom. The Morgan fingerprint density at radius 3 is 1.72 bits per heavy atom. The van der Waals surface area contributed by atoms with Gasteiger partial charge in [0.1, 0.15) is 0 Å². The Kier molecular flexibility index (Phi) is 8.60. The molecule has 4 aromatic rings. The molecule has 43 heavy (non-hydrogen) atoms. The van der Waals surface area contributed by atoms with Gasteiger partial charge in [-0.3, -0.25) is 0 Å². The first kappa shape index (κ1) is 29.8. The van der Waals surface area contributed by atoms with Gasteiger partial charge in [-0.05, 0) is 0 Å². The maximum absolute atomic E-state index is 7.45. The summed E-state index contributed by atoms with van der Waals surface area (Å²) in [5.41, 5.74) is 2.11. The number of hydrogen-bond donors (Lipinski definition) is 0. The third kappa shape index (κ3) is 5.59. The van der Waals surface area contributed by atoms with Crippen LogP contribution in [0.25, 0.3) is 0 Å². The molecule has 2 aliphatic heterocycles. The van der Waals surface area contributed by atoms with Gasteiger partial charge in [0, 0.05) is 0 Å².